The molecule has 0 aromatic rings. The zero-order valence-corrected chi connectivity index (χ0v) is 9.69. The number of hydrogen-bond acceptors (Lipinski definition) is 0. The van der Waals surface area contributed by atoms with Crippen LogP contribution in [0.5, 0.6) is 0 Å². The third-order valence-electron chi connectivity index (χ3n) is 0.572. The van der Waals surface area contributed by atoms with Gasteiger partial charge < -0.3 is 0 Å². The Labute approximate surface area is 65.5 Å². The zero-order valence-electron chi connectivity index (χ0n) is 4.87. The van der Waals surface area contributed by atoms with Gasteiger partial charge in [0.1, 0.15) is 0 Å². The molecular weight excluding hydrogens is 276 g/mol. The molecule has 0 aliphatic carbocycles. The topological polar surface area (TPSA) is 0 Å². The van der Waals surface area contributed by atoms with Crippen LogP contribution in [0.4, 0.5) is 0 Å². The third-order valence-corrected chi connectivity index (χ3v) is 6.62. The minimum atomic E-state index is -2.85. The minimum absolute atomic E-state index is 0.536. The van der Waals surface area contributed by atoms with Crippen LogP contribution in [0.1, 0.15) is 13.8 Å². The van der Waals surface area contributed by atoms with Crippen LogP contribution in [-0.4, -0.2) is 15.4 Å². The molecule has 0 spiro atoms. The molecule has 0 aliphatic heterocycles. The molecule has 0 aromatic heterocycles. The van der Waals surface area contributed by atoms with E-state index in [0.717, 1.165) is 4.37 Å². The quantitative estimate of drug-likeness (QED) is 0.683. The van der Waals surface area contributed by atoms with Crippen molar-refractivity contribution in [1.29, 1.82) is 0 Å². The van der Waals surface area contributed by atoms with E-state index in [9.17, 15) is 0 Å². The summed E-state index contributed by atoms with van der Waals surface area (Å²) in [4.78, 5) is 0. The fourth-order valence-corrected chi connectivity index (χ4v) is 8.33. The first-order valence-electron chi connectivity index (χ1n) is 2.39. The Morgan fingerprint density at radius 3 is 1.62 bits per heavy atom. The molecule has 0 saturated carbocycles. The van der Waals surface area contributed by atoms with Crippen molar-refractivity contribution in [1.82, 2.24) is 0 Å². The van der Waals surface area contributed by atoms with E-state index in [1.54, 1.807) is 0 Å². The normalized spacial score (nSPS) is 12.8. The van der Waals surface area contributed by atoms with E-state index < -0.39 is 15.4 Å². The number of rotatable bonds is 2. The first kappa shape index (κ1) is 9.69. The van der Waals surface area contributed by atoms with Crippen molar-refractivity contribution in [2.24, 2.45) is 5.92 Å². The van der Waals surface area contributed by atoms with Crippen LogP contribution in [0.15, 0.2) is 0 Å². The van der Waals surface area contributed by atoms with Crippen LogP contribution < -0.4 is 0 Å². The summed E-state index contributed by atoms with van der Waals surface area (Å²) in [6, 6.07) is 0. The molecule has 51 valence electrons. The first-order valence-corrected chi connectivity index (χ1v) is 13.9. The van der Waals surface area contributed by atoms with Gasteiger partial charge in [-0.2, -0.15) is 0 Å². The molecule has 0 bridgehead atoms. The Kier molecular flexibility index (Phi) is 4.55. The van der Waals surface area contributed by atoms with E-state index >= 15 is 0 Å². The molecule has 0 aromatic carbocycles. The summed E-state index contributed by atoms with van der Waals surface area (Å²) >= 11 is -2.85. The Morgan fingerprint density at radius 1 is 1.25 bits per heavy atom. The molecule has 0 rings (SSSR count). The summed E-state index contributed by atoms with van der Waals surface area (Å²) in [6.45, 7) is 4.13. The van der Waals surface area contributed by atoms with Gasteiger partial charge in [0, 0.05) is 0 Å². The summed E-state index contributed by atoms with van der Waals surface area (Å²) in [5.41, 5.74) is 0. The van der Waals surface area contributed by atoms with Gasteiger partial charge in [-0.3, -0.25) is 0 Å². The molecule has 0 unspecified atom stereocenters. The van der Waals surface area contributed by atoms with Gasteiger partial charge in [0.05, 0.1) is 0 Å². The SMILES string of the molecule is CC(C)[CH2][Sb]([Cl])([Cl])[Cl]. The van der Waals surface area contributed by atoms with Crippen LogP contribution >= 0.6 is 26.5 Å². The average Bonchev–Trinajstić information content (AvgIpc) is 1.21. The van der Waals surface area contributed by atoms with Gasteiger partial charge in [0.25, 0.3) is 0 Å². The molecule has 0 aliphatic rings. The summed E-state index contributed by atoms with van der Waals surface area (Å²) in [5.74, 6) is 0.536. The van der Waals surface area contributed by atoms with Gasteiger partial charge in [0.15, 0.2) is 0 Å². The monoisotopic (exact) mass is 283 g/mol. The third kappa shape index (κ3) is 7.69. The Hall–Kier alpha value is 1.69. The summed E-state index contributed by atoms with van der Waals surface area (Å²) in [7, 11) is 17.0. The van der Waals surface area contributed by atoms with Crippen LogP contribution in [0.2, 0.25) is 4.37 Å². The molecule has 0 N–H and O–H groups in total. The molecule has 0 saturated heterocycles. The number of halogens is 3. The van der Waals surface area contributed by atoms with E-state index in [-0.39, 0.29) is 0 Å². The molecular formula is C4H9Cl3Sb. The van der Waals surface area contributed by atoms with Gasteiger partial charge in [-0.25, -0.2) is 0 Å². The fraction of sp³-hybridized carbons (Fsp3) is 1.00. The molecule has 0 amide bonds. The molecule has 0 fully saturated rings. The molecule has 8 heavy (non-hydrogen) atoms. The van der Waals surface area contributed by atoms with Crippen LogP contribution in [0.3, 0.4) is 0 Å². The number of hydrogen-bond donors (Lipinski definition) is 0. The van der Waals surface area contributed by atoms with E-state index in [2.05, 4.69) is 13.8 Å². The molecule has 1 radical (unpaired) electrons. The van der Waals surface area contributed by atoms with Crippen molar-refractivity contribution in [3.63, 3.8) is 0 Å². The first-order chi connectivity index (χ1) is 3.42. The summed E-state index contributed by atoms with van der Waals surface area (Å²) in [6.07, 6.45) is 0. The van der Waals surface area contributed by atoms with Gasteiger partial charge >= 0.3 is 66.0 Å². The zero-order chi connectivity index (χ0) is 6.78. The molecule has 0 heterocycles. The maximum atomic E-state index is 5.66. The van der Waals surface area contributed by atoms with E-state index in [0.29, 0.717) is 5.92 Å². The molecule has 0 atom stereocenters. The van der Waals surface area contributed by atoms with Crippen LogP contribution in [0, 0.1) is 5.92 Å². The van der Waals surface area contributed by atoms with Crippen LogP contribution in [-0.2, 0) is 0 Å². The molecule has 0 nitrogen and oxygen atoms in total. The molecule has 4 heteroatoms. The van der Waals surface area contributed by atoms with Crippen molar-refractivity contribution in [3.05, 3.63) is 0 Å². The second-order valence-corrected chi connectivity index (χ2v) is 21.4. The van der Waals surface area contributed by atoms with Gasteiger partial charge in [-0.15, -0.1) is 0 Å². The van der Waals surface area contributed by atoms with E-state index in [1.807, 2.05) is 0 Å². The average molecular weight is 285 g/mol. The Morgan fingerprint density at radius 2 is 1.62 bits per heavy atom. The van der Waals surface area contributed by atoms with Crippen molar-refractivity contribution in [2.75, 3.05) is 0 Å². The summed E-state index contributed by atoms with van der Waals surface area (Å²) in [5, 5.41) is 0. The fourth-order valence-electron chi connectivity index (χ4n) is 0.414. The van der Waals surface area contributed by atoms with Crippen molar-refractivity contribution in [2.45, 2.75) is 18.2 Å². The van der Waals surface area contributed by atoms with Crippen LogP contribution in [0.25, 0.3) is 0 Å². The van der Waals surface area contributed by atoms with E-state index in [4.69, 9.17) is 26.5 Å². The Balaban J connectivity index is 3.39. The second-order valence-electron chi connectivity index (χ2n) is 2.13. The van der Waals surface area contributed by atoms with Gasteiger partial charge in [-0.1, -0.05) is 0 Å². The standard InChI is InChI=1S/C4H9.3ClH.Sb/c1-4(2)3;;;;/h4H,1H2,2-3H3;3*1H;/q;;;;+3/p-3. The van der Waals surface area contributed by atoms with Crippen molar-refractivity contribution < 1.29 is 0 Å². The Bertz CT molecular complexity index is 66.2. The maximum absolute atomic E-state index is 5.66. The van der Waals surface area contributed by atoms with E-state index in [1.165, 1.54) is 0 Å². The van der Waals surface area contributed by atoms with Crippen molar-refractivity contribution in [3.8, 4) is 0 Å². The predicted molar refractivity (Wildman–Crippen MR) is 43.0 cm³/mol. The van der Waals surface area contributed by atoms with Crippen molar-refractivity contribution >= 4 is 41.9 Å². The second kappa shape index (κ2) is 3.76. The van der Waals surface area contributed by atoms with Gasteiger partial charge in [0.2, 0.25) is 0 Å². The summed E-state index contributed by atoms with van der Waals surface area (Å²) < 4.78 is 0.823. The van der Waals surface area contributed by atoms with Gasteiger partial charge in [-0.05, 0) is 0 Å². The predicted octanol–water partition coefficient (Wildman–Crippen LogP) is 3.30.